The van der Waals surface area contributed by atoms with Crippen molar-refractivity contribution in [2.24, 2.45) is 0 Å². The smallest absolute Gasteiger partial charge is 0.374 e. The Morgan fingerprint density at radius 2 is 1.27 bits per heavy atom. The molecular formula is C41H21N3O+2. The normalized spacial score (nSPS) is 17.2. The number of rotatable bonds is 0. The Kier molecular flexibility index (Phi) is 3.23. The number of hydrogen-bond donors (Lipinski definition) is 0. The first kappa shape index (κ1) is 21.7. The maximum atomic E-state index is 6.91. The number of pyridine rings is 3. The Morgan fingerprint density at radius 1 is 0.489 bits per heavy atom. The quantitative estimate of drug-likeness (QED) is 0.132. The molecule has 3 aliphatic heterocycles. The van der Waals surface area contributed by atoms with Gasteiger partial charge in [-0.15, -0.1) is 4.57 Å². The van der Waals surface area contributed by atoms with E-state index in [2.05, 4.69) is 141 Å². The van der Waals surface area contributed by atoms with Crippen molar-refractivity contribution < 1.29 is 13.9 Å². The topological polar surface area (TPSA) is 21.4 Å². The fourth-order valence-corrected chi connectivity index (χ4v) is 9.69. The molecule has 0 fully saturated rings. The number of hydrogen-bond acceptors (Lipinski definition) is 1. The van der Waals surface area contributed by atoms with E-state index in [0.717, 1.165) is 11.5 Å². The van der Waals surface area contributed by atoms with Gasteiger partial charge in [-0.1, -0.05) is 54.6 Å². The molecule has 0 amide bonds. The summed E-state index contributed by atoms with van der Waals surface area (Å²) in [5, 5.41) is 13.0. The van der Waals surface area contributed by atoms with Crippen LogP contribution in [0.5, 0.6) is 11.5 Å². The van der Waals surface area contributed by atoms with Crippen molar-refractivity contribution in [3.8, 4) is 22.8 Å². The van der Waals surface area contributed by atoms with E-state index in [1.807, 2.05) is 0 Å². The van der Waals surface area contributed by atoms with Gasteiger partial charge in [0.05, 0.1) is 17.1 Å². The molecule has 0 saturated heterocycles. The third-order valence-corrected chi connectivity index (χ3v) is 11.1. The van der Waals surface area contributed by atoms with Gasteiger partial charge in [0.2, 0.25) is 5.69 Å². The number of nitrogens with zero attached hydrogens (tertiary/aromatic N) is 3. The first-order valence-electron chi connectivity index (χ1n) is 15.6. The summed E-state index contributed by atoms with van der Waals surface area (Å²) in [4.78, 5) is 0. The second-order valence-corrected chi connectivity index (χ2v) is 12.9. The van der Waals surface area contributed by atoms with Crippen molar-refractivity contribution in [3.63, 3.8) is 0 Å². The van der Waals surface area contributed by atoms with Crippen molar-refractivity contribution in [1.29, 1.82) is 0 Å². The van der Waals surface area contributed by atoms with Gasteiger partial charge in [-0.25, -0.2) is 0 Å². The summed E-state index contributed by atoms with van der Waals surface area (Å²) in [5.74, 6) is 1.84. The van der Waals surface area contributed by atoms with Gasteiger partial charge in [-0.05, 0) is 70.1 Å². The average molecular weight is 572 g/mol. The lowest BCUT2D eigenvalue weighted by Crippen LogP contribution is -2.74. The molecule has 0 saturated carbocycles. The molecule has 13 rings (SSSR count). The summed E-state index contributed by atoms with van der Waals surface area (Å²) in [7, 11) is 0. The Labute approximate surface area is 255 Å². The Balaban J connectivity index is 1.45. The van der Waals surface area contributed by atoms with Gasteiger partial charge in [-0.3, -0.25) is 0 Å². The predicted octanol–water partition coefficient (Wildman–Crippen LogP) is 8.57. The second kappa shape index (κ2) is 6.72. The molecule has 0 bridgehead atoms. The Morgan fingerprint density at radius 3 is 2.24 bits per heavy atom. The monoisotopic (exact) mass is 571 g/mol. The van der Waals surface area contributed by atoms with Crippen LogP contribution in [0.4, 0.5) is 0 Å². The highest BCUT2D eigenvalue weighted by Gasteiger charge is 2.67. The van der Waals surface area contributed by atoms with E-state index in [1.165, 1.54) is 92.9 Å². The molecule has 6 aromatic carbocycles. The Bertz CT molecular complexity index is 3080. The molecule has 0 N–H and O–H groups in total. The SMILES string of the molecule is c1cc2c3c(c1)-c1cccc[n+]1C31c3c(ccc4c5c6ccccc6c6cccc7ccc8c9ccc[n+]1c9n(c34)c8c5c76)O2. The van der Waals surface area contributed by atoms with Gasteiger partial charge in [0.15, 0.2) is 17.3 Å². The van der Waals surface area contributed by atoms with Crippen LogP contribution in [0.1, 0.15) is 11.1 Å². The summed E-state index contributed by atoms with van der Waals surface area (Å²) in [6, 6.07) is 42.6. The van der Waals surface area contributed by atoms with Crippen molar-refractivity contribution in [3.05, 3.63) is 139 Å². The van der Waals surface area contributed by atoms with Crippen molar-refractivity contribution in [2.45, 2.75) is 5.66 Å². The van der Waals surface area contributed by atoms with Crippen molar-refractivity contribution >= 4 is 70.5 Å². The van der Waals surface area contributed by atoms with Gasteiger partial charge in [0.1, 0.15) is 22.6 Å². The van der Waals surface area contributed by atoms with Crippen molar-refractivity contribution in [2.75, 3.05) is 0 Å². The Hall–Kier alpha value is -6.00. The number of aromatic nitrogens is 3. The third-order valence-electron chi connectivity index (χ3n) is 11.1. The minimum Gasteiger partial charge on any atom is -0.456 e. The zero-order valence-electron chi connectivity index (χ0n) is 23.9. The average Bonchev–Trinajstić information content (AvgIpc) is 3.51. The molecule has 4 aromatic heterocycles. The number of ether oxygens (including phenoxy) is 1. The van der Waals surface area contributed by atoms with Crippen LogP contribution < -0.4 is 13.9 Å². The molecule has 1 spiro atoms. The zero-order valence-corrected chi connectivity index (χ0v) is 23.9. The van der Waals surface area contributed by atoms with E-state index in [9.17, 15) is 0 Å². The summed E-state index contributed by atoms with van der Waals surface area (Å²) in [6.07, 6.45) is 4.55. The van der Waals surface area contributed by atoms with Crippen LogP contribution in [0.3, 0.4) is 0 Å². The van der Waals surface area contributed by atoms with Gasteiger partial charge in [-0.2, -0.15) is 8.97 Å². The zero-order chi connectivity index (χ0) is 28.8. The standard InChI is InChI=1S/C41H21N3O/c1-2-10-25-23(9-1)24-11-5-8-22-16-17-26-27-13-7-21-43-40(27)44-38(26)35(33(22)24)34(25)29-18-19-32-37(39(29)44)41(43)36-28(12-6-15-31(36)45-32)30-14-3-4-20-42(30)41/h1-21H/q+2. The molecule has 4 nitrogen and oxygen atoms in total. The molecular weight excluding hydrogens is 550 g/mol. The van der Waals surface area contributed by atoms with Gasteiger partial charge in [0, 0.05) is 39.1 Å². The molecule has 4 heteroatoms. The highest BCUT2D eigenvalue weighted by Crippen LogP contribution is 2.57. The van der Waals surface area contributed by atoms with E-state index >= 15 is 0 Å². The molecule has 45 heavy (non-hydrogen) atoms. The van der Waals surface area contributed by atoms with E-state index in [0.29, 0.717) is 0 Å². The number of fused-ring (bicyclic) bond motifs is 7. The summed E-state index contributed by atoms with van der Waals surface area (Å²) in [6.45, 7) is 0. The first-order chi connectivity index (χ1) is 22.4. The van der Waals surface area contributed by atoms with Crippen LogP contribution in [0, 0.1) is 0 Å². The van der Waals surface area contributed by atoms with Gasteiger partial charge >= 0.3 is 11.3 Å². The fraction of sp³-hybridized carbons (Fsp3) is 0.0244. The lowest BCUT2D eigenvalue weighted by molar-refractivity contribution is -0.954. The lowest BCUT2D eigenvalue weighted by Gasteiger charge is -2.33. The predicted molar refractivity (Wildman–Crippen MR) is 178 cm³/mol. The molecule has 1 atom stereocenters. The molecule has 10 aromatic rings. The molecule has 7 heterocycles. The summed E-state index contributed by atoms with van der Waals surface area (Å²) < 4.78 is 14.5. The third kappa shape index (κ3) is 2.02. The van der Waals surface area contributed by atoms with E-state index in [-0.39, 0.29) is 0 Å². The highest BCUT2D eigenvalue weighted by atomic mass is 16.5. The lowest BCUT2D eigenvalue weighted by atomic mass is 9.82. The molecule has 3 aliphatic rings. The summed E-state index contributed by atoms with van der Waals surface area (Å²) in [5.41, 5.74) is 7.94. The van der Waals surface area contributed by atoms with E-state index < -0.39 is 5.66 Å². The molecule has 0 radical (unpaired) electrons. The first-order valence-corrected chi connectivity index (χ1v) is 15.6. The minimum atomic E-state index is -0.632. The highest BCUT2D eigenvalue weighted by molar-refractivity contribution is 6.40. The van der Waals surface area contributed by atoms with Crippen LogP contribution in [-0.4, -0.2) is 4.40 Å². The van der Waals surface area contributed by atoms with Crippen LogP contribution in [0.15, 0.2) is 128 Å². The number of benzene rings is 5. The second-order valence-electron chi connectivity index (χ2n) is 12.9. The van der Waals surface area contributed by atoms with Crippen LogP contribution >= 0.6 is 0 Å². The van der Waals surface area contributed by atoms with Crippen LogP contribution in [-0.2, 0) is 5.66 Å². The van der Waals surface area contributed by atoms with Gasteiger partial charge < -0.3 is 4.74 Å². The van der Waals surface area contributed by atoms with E-state index in [1.54, 1.807) is 0 Å². The molecule has 0 aliphatic carbocycles. The van der Waals surface area contributed by atoms with Gasteiger partial charge in [0.25, 0.3) is 0 Å². The largest absolute Gasteiger partial charge is 0.456 e. The molecule has 1 unspecified atom stereocenters. The molecule has 204 valence electrons. The van der Waals surface area contributed by atoms with Crippen molar-refractivity contribution in [1.82, 2.24) is 4.40 Å². The van der Waals surface area contributed by atoms with Crippen LogP contribution in [0.2, 0.25) is 0 Å². The fourth-order valence-electron chi connectivity index (χ4n) is 9.69. The summed E-state index contributed by atoms with van der Waals surface area (Å²) >= 11 is 0. The van der Waals surface area contributed by atoms with Crippen LogP contribution in [0.25, 0.3) is 81.8 Å². The van der Waals surface area contributed by atoms with E-state index in [4.69, 9.17) is 4.74 Å². The maximum absolute atomic E-state index is 6.91. The maximum Gasteiger partial charge on any atom is 0.374 e. The minimum absolute atomic E-state index is 0.632.